The average Bonchev–Trinajstić information content (AvgIpc) is 2.75. The van der Waals surface area contributed by atoms with E-state index in [4.69, 9.17) is 4.98 Å². The van der Waals surface area contributed by atoms with Gasteiger partial charge in [0.1, 0.15) is 13.7 Å². The Labute approximate surface area is 117 Å². The van der Waals surface area contributed by atoms with E-state index in [1.165, 1.54) is 10.7 Å². The molecule has 0 unspecified atom stereocenters. The lowest BCUT2D eigenvalue weighted by Gasteiger charge is -2.42. The zero-order valence-electron chi connectivity index (χ0n) is 13.0. The topological polar surface area (TPSA) is 28.7 Å². The van der Waals surface area contributed by atoms with Gasteiger partial charge in [0.05, 0.1) is 0 Å². The Hall–Kier alpha value is -1.09. The number of aromatic amines is 1. The molecule has 0 saturated carbocycles. The van der Waals surface area contributed by atoms with Gasteiger partial charge in [-0.05, 0) is 34.8 Å². The number of aromatic nitrogens is 2. The fourth-order valence-electron chi connectivity index (χ4n) is 4.06. The second-order valence-electron chi connectivity index (χ2n) is 6.51. The average molecular weight is 274 g/mol. The van der Waals surface area contributed by atoms with Crippen molar-refractivity contribution in [2.75, 3.05) is 0 Å². The number of fused-ring (bicyclic) bond motifs is 1. The van der Waals surface area contributed by atoms with Gasteiger partial charge < -0.3 is 4.98 Å². The number of H-pyrrole nitrogens is 1. The van der Waals surface area contributed by atoms with E-state index in [2.05, 4.69) is 64.7 Å². The molecule has 2 aromatic rings. The van der Waals surface area contributed by atoms with E-state index in [9.17, 15) is 0 Å². The molecular formula is C16H26N2Si. The summed E-state index contributed by atoms with van der Waals surface area (Å²) in [6.07, 6.45) is 1.98. The number of rotatable bonds is 4. The van der Waals surface area contributed by atoms with Crippen molar-refractivity contribution in [1.29, 1.82) is 0 Å². The van der Waals surface area contributed by atoms with Crippen LogP contribution >= 0.6 is 0 Å². The molecule has 1 N–H and O–H groups in total. The molecule has 2 heterocycles. The Bertz CT molecular complexity index is 533. The highest BCUT2D eigenvalue weighted by Gasteiger charge is 2.45. The van der Waals surface area contributed by atoms with Gasteiger partial charge in [0.15, 0.2) is 0 Å². The Morgan fingerprint density at radius 1 is 0.895 bits per heavy atom. The van der Waals surface area contributed by atoms with E-state index in [0.717, 1.165) is 5.65 Å². The van der Waals surface area contributed by atoms with Gasteiger partial charge in [-0.1, -0.05) is 41.5 Å². The van der Waals surface area contributed by atoms with Crippen LogP contribution in [0.2, 0.25) is 16.6 Å². The summed E-state index contributed by atoms with van der Waals surface area (Å²) in [7, 11) is -1.63. The highest BCUT2D eigenvalue weighted by Crippen LogP contribution is 2.40. The van der Waals surface area contributed by atoms with Gasteiger partial charge in [-0.15, -0.1) is 0 Å². The molecule has 0 bridgehead atoms. The van der Waals surface area contributed by atoms with Crippen LogP contribution in [0.5, 0.6) is 0 Å². The summed E-state index contributed by atoms with van der Waals surface area (Å²) in [5.74, 6) is 0. The van der Waals surface area contributed by atoms with Crippen molar-refractivity contribution < 1.29 is 0 Å². The monoisotopic (exact) mass is 274 g/mol. The summed E-state index contributed by atoms with van der Waals surface area (Å²) in [5, 5.41) is 2.57. The van der Waals surface area contributed by atoms with Gasteiger partial charge in [0.2, 0.25) is 0 Å². The number of pyridine rings is 1. The van der Waals surface area contributed by atoms with E-state index in [0.29, 0.717) is 16.6 Å². The quantitative estimate of drug-likeness (QED) is 0.820. The summed E-state index contributed by atoms with van der Waals surface area (Å²) < 4.78 is 0. The smallest absolute Gasteiger partial charge is 0.137 e. The molecule has 0 aliphatic rings. The maximum atomic E-state index is 4.98. The van der Waals surface area contributed by atoms with Crippen LogP contribution < -0.4 is 5.32 Å². The van der Waals surface area contributed by atoms with Crippen molar-refractivity contribution in [3.8, 4) is 0 Å². The minimum Gasteiger partial charge on any atom is -0.346 e. The molecule has 0 spiro atoms. The van der Waals surface area contributed by atoms with Crippen molar-refractivity contribution in [2.45, 2.75) is 58.2 Å². The fraction of sp³-hybridized carbons (Fsp3) is 0.562. The van der Waals surface area contributed by atoms with E-state index in [1.807, 2.05) is 6.20 Å². The molecule has 0 fully saturated rings. The summed E-state index contributed by atoms with van der Waals surface area (Å²) in [6, 6.07) is 6.60. The number of nitrogens with zero attached hydrogens (tertiary/aromatic N) is 1. The summed E-state index contributed by atoms with van der Waals surface area (Å²) in [4.78, 5) is 8.24. The van der Waals surface area contributed by atoms with Gasteiger partial charge >= 0.3 is 0 Å². The Morgan fingerprint density at radius 3 is 2.00 bits per heavy atom. The first kappa shape index (κ1) is 14.3. The van der Waals surface area contributed by atoms with E-state index < -0.39 is 8.07 Å². The van der Waals surface area contributed by atoms with Crippen LogP contribution in [-0.4, -0.2) is 18.0 Å². The van der Waals surface area contributed by atoms with E-state index in [1.54, 1.807) is 0 Å². The van der Waals surface area contributed by atoms with E-state index in [-0.39, 0.29) is 0 Å². The minimum absolute atomic E-state index is 0.701. The van der Waals surface area contributed by atoms with Gasteiger partial charge in [-0.25, -0.2) is 4.98 Å². The third kappa shape index (κ3) is 2.14. The molecule has 19 heavy (non-hydrogen) atoms. The third-order valence-corrected chi connectivity index (χ3v) is 11.6. The summed E-state index contributed by atoms with van der Waals surface area (Å²) in [6.45, 7) is 14.3. The first-order valence-corrected chi connectivity index (χ1v) is 9.58. The highest BCUT2D eigenvalue weighted by molar-refractivity contribution is 6.94. The largest absolute Gasteiger partial charge is 0.346 e. The number of hydrogen-bond acceptors (Lipinski definition) is 1. The molecule has 2 nitrogen and oxygen atoms in total. The van der Waals surface area contributed by atoms with Crippen molar-refractivity contribution in [3.05, 3.63) is 24.4 Å². The predicted octanol–water partition coefficient (Wildman–Crippen LogP) is 4.45. The standard InChI is InChI=1S/C16H26N2Si/c1-11(2)19(12(3)4,13(5)6)15-8-7-14-9-10-17-16(14)18-15/h7-13H,1-6H3,(H,17,18). The summed E-state index contributed by atoms with van der Waals surface area (Å²) >= 11 is 0. The Morgan fingerprint density at radius 2 is 1.47 bits per heavy atom. The van der Waals surface area contributed by atoms with Crippen molar-refractivity contribution in [2.24, 2.45) is 0 Å². The van der Waals surface area contributed by atoms with Gasteiger partial charge in [0, 0.05) is 16.9 Å². The highest BCUT2D eigenvalue weighted by atomic mass is 28.3. The molecule has 104 valence electrons. The van der Waals surface area contributed by atoms with Gasteiger partial charge in [-0.3, -0.25) is 0 Å². The molecule has 0 atom stereocenters. The number of nitrogens with one attached hydrogen (secondary N) is 1. The molecule has 0 amide bonds. The lowest BCUT2D eigenvalue weighted by atomic mass is 10.3. The van der Waals surface area contributed by atoms with Crippen LogP contribution in [0.3, 0.4) is 0 Å². The molecular weight excluding hydrogens is 248 g/mol. The van der Waals surface area contributed by atoms with Crippen LogP contribution in [0.4, 0.5) is 0 Å². The lowest BCUT2D eigenvalue weighted by molar-refractivity contribution is 0.831. The van der Waals surface area contributed by atoms with Crippen molar-refractivity contribution in [3.63, 3.8) is 0 Å². The molecule has 3 heteroatoms. The van der Waals surface area contributed by atoms with Crippen LogP contribution in [0.15, 0.2) is 24.4 Å². The molecule has 0 radical (unpaired) electrons. The maximum absolute atomic E-state index is 4.98. The summed E-state index contributed by atoms with van der Waals surface area (Å²) in [5.41, 5.74) is 3.14. The number of hydrogen-bond donors (Lipinski definition) is 1. The maximum Gasteiger partial charge on any atom is 0.137 e. The second kappa shape index (κ2) is 5.12. The minimum atomic E-state index is -1.63. The zero-order valence-corrected chi connectivity index (χ0v) is 14.0. The Balaban J connectivity index is 2.65. The van der Waals surface area contributed by atoms with Gasteiger partial charge in [-0.2, -0.15) is 0 Å². The van der Waals surface area contributed by atoms with E-state index >= 15 is 0 Å². The first-order valence-electron chi connectivity index (χ1n) is 7.35. The lowest BCUT2D eigenvalue weighted by Crippen LogP contribution is -2.56. The molecule has 2 aromatic heterocycles. The Kier molecular flexibility index (Phi) is 3.86. The van der Waals surface area contributed by atoms with Crippen molar-refractivity contribution in [1.82, 2.24) is 9.97 Å². The van der Waals surface area contributed by atoms with Crippen LogP contribution in [0, 0.1) is 0 Å². The third-order valence-electron chi connectivity index (χ3n) is 4.72. The van der Waals surface area contributed by atoms with Crippen molar-refractivity contribution >= 4 is 24.4 Å². The molecule has 2 rings (SSSR count). The fourth-order valence-corrected chi connectivity index (χ4v) is 10.5. The first-order chi connectivity index (χ1) is 8.90. The van der Waals surface area contributed by atoms with Crippen LogP contribution in [0.25, 0.3) is 11.0 Å². The molecule has 0 aromatic carbocycles. The zero-order chi connectivity index (χ0) is 14.2. The van der Waals surface area contributed by atoms with Gasteiger partial charge in [0.25, 0.3) is 0 Å². The molecule has 0 aliphatic heterocycles. The predicted molar refractivity (Wildman–Crippen MR) is 86.8 cm³/mol. The normalized spacial score (nSPS) is 13.1. The van der Waals surface area contributed by atoms with Crippen LogP contribution in [-0.2, 0) is 0 Å². The SMILES string of the molecule is CC(C)[Si](c1ccc2cc[nH]c2n1)(C(C)C)C(C)C. The second-order valence-corrected chi connectivity index (χ2v) is 12.4. The molecule has 0 saturated heterocycles. The van der Waals surface area contributed by atoms with Crippen LogP contribution in [0.1, 0.15) is 41.5 Å². The molecule has 0 aliphatic carbocycles.